The van der Waals surface area contributed by atoms with Crippen molar-refractivity contribution in [1.82, 2.24) is 13.1 Å². The predicted molar refractivity (Wildman–Crippen MR) is 113 cm³/mol. The number of rotatable bonds is 5. The van der Waals surface area contributed by atoms with Crippen LogP contribution in [0.2, 0.25) is 0 Å². The van der Waals surface area contributed by atoms with E-state index in [-0.39, 0.29) is 23.6 Å². The minimum absolute atomic E-state index is 0.0295. The second-order valence-corrected chi connectivity index (χ2v) is 8.54. The maximum absolute atomic E-state index is 13.9. The summed E-state index contributed by atoms with van der Waals surface area (Å²) >= 11 is 1.90. The molecule has 0 bridgehead atoms. The summed E-state index contributed by atoms with van der Waals surface area (Å²) in [5, 5.41) is 12.8. The molecule has 7 nitrogen and oxygen atoms in total. The van der Waals surface area contributed by atoms with Gasteiger partial charge < -0.3 is 9.73 Å². The number of hydrogen-bond acceptors (Lipinski definition) is 6. The average Bonchev–Trinajstić information content (AvgIpc) is 3.30. The lowest BCUT2D eigenvalue weighted by molar-refractivity contribution is 0.0883. The Hall–Kier alpha value is -2.74. The Kier molecular flexibility index (Phi) is 4.90. The number of halogens is 2. The molecule has 0 spiro atoms. The third-order valence-electron chi connectivity index (χ3n) is 4.99. The van der Waals surface area contributed by atoms with Crippen LogP contribution >= 0.6 is 22.9 Å². The Morgan fingerprint density at radius 1 is 1.45 bits per heavy atom. The van der Waals surface area contributed by atoms with E-state index in [1.165, 1.54) is 21.6 Å². The molecule has 2 heterocycles. The largest absolute Gasteiger partial charge is 0.442 e. The Labute approximate surface area is 180 Å². The maximum Gasteiger partial charge on any atom is 0.267 e. The van der Waals surface area contributed by atoms with E-state index in [1.54, 1.807) is 19.1 Å². The van der Waals surface area contributed by atoms with Gasteiger partial charge in [-0.3, -0.25) is 7.91 Å². The van der Waals surface area contributed by atoms with Gasteiger partial charge in [-0.1, -0.05) is 6.07 Å². The Balaban J connectivity index is 1.66. The molecule has 4 rings (SSSR count). The van der Waals surface area contributed by atoms with Gasteiger partial charge in [0, 0.05) is 5.54 Å². The first-order chi connectivity index (χ1) is 13.8. The lowest BCUT2D eigenvalue weighted by Crippen LogP contribution is -2.22. The Morgan fingerprint density at radius 3 is 2.86 bits per heavy atom. The van der Waals surface area contributed by atoms with Crippen molar-refractivity contribution >= 4 is 45.7 Å². The van der Waals surface area contributed by atoms with Gasteiger partial charge in [0.05, 0.1) is 45.9 Å². The third-order valence-corrected chi connectivity index (χ3v) is 5.77. The summed E-state index contributed by atoms with van der Waals surface area (Å²) in [6.07, 6.45) is 3.47. The third kappa shape index (κ3) is 3.76. The molecule has 1 aromatic carbocycles. The fourth-order valence-electron chi connectivity index (χ4n) is 3.10. The number of nitriles is 1. The van der Waals surface area contributed by atoms with Crippen LogP contribution in [0.1, 0.15) is 47.0 Å². The fourth-order valence-corrected chi connectivity index (χ4v) is 3.73. The monoisotopic (exact) mass is 505 g/mol. The molecule has 1 aliphatic rings. The summed E-state index contributed by atoms with van der Waals surface area (Å²) in [6, 6.07) is 6.09. The minimum atomic E-state index is -0.607. The number of aromatic nitrogens is 2. The molecule has 0 unspecified atom stereocenters. The van der Waals surface area contributed by atoms with Crippen LogP contribution in [0.15, 0.2) is 28.9 Å². The number of carbonyl (C=O) groups is 1. The lowest BCUT2D eigenvalue weighted by atomic mass is 10.1. The van der Waals surface area contributed by atoms with Gasteiger partial charge in [0.1, 0.15) is 29.8 Å². The SMILES string of the molecule is Cc1oc2ncnc(NC3(C)CC3)c2c1C(=O)N(I)Cc1ccc(C#N)c(F)c1. The summed E-state index contributed by atoms with van der Waals surface area (Å²) in [5.74, 6) is 0.127. The van der Waals surface area contributed by atoms with Gasteiger partial charge in [-0.05, 0) is 44.4 Å². The number of furan rings is 1. The second kappa shape index (κ2) is 7.26. The van der Waals surface area contributed by atoms with Gasteiger partial charge in [0.25, 0.3) is 5.91 Å². The molecule has 1 aliphatic carbocycles. The number of anilines is 1. The van der Waals surface area contributed by atoms with Crippen molar-refractivity contribution in [1.29, 1.82) is 5.26 Å². The highest BCUT2D eigenvalue weighted by Gasteiger charge is 2.38. The molecule has 29 heavy (non-hydrogen) atoms. The van der Waals surface area contributed by atoms with Gasteiger partial charge in [-0.15, -0.1) is 0 Å². The van der Waals surface area contributed by atoms with Crippen LogP contribution in [0.5, 0.6) is 0 Å². The van der Waals surface area contributed by atoms with E-state index < -0.39 is 5.82 Å². The molecule has 1 amide bonds. The Bertz CT molecular complexity index is 1170. The molecule has 0 saturated heterocycles. The smallest absolute Gasteiger partial charge is 0.267 e. The molecular weight excluding hydrogens is 488 g/mol. The molecule has 3 aromatic rings. The van der Waals surface area contributed by atoms with E-state index in [9.17, 15) is 9.18 Å². The van der Waals surface area contributed by atoms with Crippen LogP contribution in [-0.4, -0.2) is 24.5 Å². The molecule has 2 aromatic heterocycles. The highest BCUT2D eigenvalue weighted by atomic mass is 127. The number of aryl methyl sites for hydroxylation is 1. The summed E-state index contributed by atoms with van der Waals surface area (Å²) in [6.45, 7) is 3.98. The summed E-state index contributed by atoms with van der Waals surface area (Å²) in [7, 11) is 0. The van der Waals surface area contributed by atoms with Crippen LogP contribution in [-0.2, 0) is 6.54 Å². The second-order valence-electron chi connectivity index (χ2n) is 7.37. The summed E-state index contributed by atoms with van der Waals surface area (Å²) in [4.78, 5) is 21.7. The molecule has 9 heteroatoms. The lowest BCUT2D eigenvalue weighted by Gasteiger charge is -2.16. The standard InChI is InChI=1S/C20H17FIN5O2/c1-11-15(16-17(26-20(2)5-6-20)24-10-25-18(16)29-11)19(28)27(22)9-12-3-4-13(8-23)14(21)7-12/h3-4,7,10H,5-6,9H2,1-2H3,(H,24,25,26). The number of benzene rings is 1. The van der Waals surface area contributed by atoms with E-state index in [1.807, 2.05) is 22.9 Å². The molecule has 0 aliphatic heterocycles. The molecule has 0 atom stereocenters. The quantitative estimate of drug-likeness (QED) is 0.406. The molecule has 1 saturated carbocycles. The van der Waals surface area contributed by atoms with E-state index in [0.29, 0.717) is 33.8 Å². The van der Waals surface area contributed by atoms with Gasteiger partial charge >= 0.3 is 0 Å². The van der Waals surface area contributed by atoms with Crippen LogP contribution in [0, 0.1) is 24.1 Å². The van der Waals surface area contributed by atoms with Crippen LogP contribution in [0.25, 0.3) is 11.1 Å². The van der Waals surface area contributed by atoms with E-state index in [0.717, 1.165) is 12.8 Å². The number of hydrogen-bond donors (Lipinski definition) is 1. The highest BCUT2D eigenvalue weighted by molar-refractivity contribution is 14.1. The van der Waals surface area contributed by atoms with Crippen molar-refractivity contribution in [2.75, 3.05) is 5.32 Å². The zero-order valence-electron chi connectivity index (χ0n) is 15.8. The zero-order chi connectivity index (χ0) is 20.8. The van der Waals surface area contributed by atoms with Crippen LogP contribution < -0.4 is 5.32 Å². The highest BCUT2D eigenvalue weighted by Crippen LogP contribution is 2.40. The number of nitrogens with one attached hydrogen (secondary N) is 1. The van der Waals surface area contributed by atoms with E-state index >= 15 is 0 Å². The first-order valence-corrected chi connectivity index (χ1v) is 9.96. The predicted octanol–water partition coefficient (Wildman–Crippen LogP) is 4.50. The van der Waals surface area contributed by atoms with Crippen molar-refractivity contribution in [2.45, 2.75) is 38.8 Å². The topological polar surface area (TPSA) is 95.1 Å². The van der Waals surface area contributed by atoms with E-state index in [2.05, 4.69) is 22.2 Å². The average molecular weight is 505 g/mol. The number of nitrogens with zero attached hydrogens (tertiary/aromatic N) is 4. The van der Waals surface area contributed by atoms with Crippen molar-refractivity contribution in [2.24, 2.45) is 0 Å². The molecule has 0 radical (unpaired) electrons. The normalized spacial score (nSPS) is 14.4. The fraction of sp³-hybridized carbons (Fsp3) is 0.300. The molecular formula is C20H17FIN5O2. The Morgan fingerprint density at radius 2 is 2.21 bits per heavy atom. The van der Waals surface area contributed by atoms with Crippen molar-refractivity contribution in [3.8, 4) is 6.07 Å². The van der Waals surface area contributed by atoms with Gasteiger partial charge in [0.2, 0.25) is 5.71 Å². The number of carbonyl (C=O) groups excluding carboxylic acids is 1. The van der Waals surface area contributed by atoms with Gasteiger partial charge in [0.15, 0.2) is 0 Å². The number of amides is 1. The van der Waals surface area contributed by atoms with Crippen molar-refractivity contribution in [3.05, 3.63) is 52.8 Å². The molecule has 148 valence electrons. The molecule has 1 N–H and O–H groups in total. The number of fused-ring (bicyclic) bond motifs is 1. The van der Waals surface area contributed by atoms with Crippen LogP contribution in [0.4, 0.5) is 10.2 Å². The zero-order valence-corrected chi connectivity index (χ0v) is 17.9. The van der Waals surface area contributed by atoms with Gasteiger partial charge in [-0.25, -0.2) is 14.4 Å². The molecule has 1 fully saturated rings. The summed E-state index contributed by atoms with van der Waals surface area (Å²) < 4.78 is 21.1. The van der Waals surface area contributed by atoms with Gasteiger partial charge in [-0.2, -0.15) is 5.26 Å². The minimum Gasteiger partial charge on any atom is -0.442 e. The first kappa shape index (κ1) is 19.6. The van der Waals surface area contributed by atoms with Crippen molar-refractivity contribution < 1.29 is 13.6 Å². The summed E-state index contributed by atoms with van der Waals surface area (Å²) in [5.41, 5.74) is 1.25. The van der Waals surface area contributed by atoms with Crippen molar-refractivity contribution in [3.63, 3.8) is 0 Å². The maximum atomic E-state index is 13.9. The first-order valence-electron chi connectivity index (χ1n) is 9.00. The van der Waals surface area contributed by atoms with E-state index in [4.69, 9.17) is 9.68 Å². The van der Waals surface area contributed by atoms with Crippen LogP contribution in [0.3, 0.4) is 0 Å².